The normalized spacial score (nSPS) is 19.7. The molecule has 18 heavy (non-hydrogen) atoms. The van der Waals surface area contributed by atoms with Gasteiger partial charge in [0.1, 0.15) is 0 Å². The predicted molar refractivity (Wildman–Crippen MR) is 73.4 cm³/mol. The molecule has 0 bridgehead atoms. The Morgan fingerprint density at radius 3 is 2.61 bits per heavy atom. The number of hydrogen-bond donors (Lipinski definition) is 2. The monoisotopic (exact) mass is 256 g/mol. The number of unbranched alkanes of at least 4 members (excludes halogenated alkanes) is 1. The van der Waals surface area contributed by atoms with Crippen LogP contribution in [0.5, 0.6) is 0 Å². The van der Waals surface area contributed by atoms with E-state index in [9.17, 15) is 9.90 Å². The molecule has 2 N–H and O–H groups in total. The predicted octanol–water partition coefficient (Wildman–Crippen LogP) is 1.39. The van der Waals surface area contributed by atoms with Gasteiger partial charge in [-0.1, -0.05) is 20.3 Å². The molecule has 1 amide bonds. The topological polar surface area (TPSA) is 52.6 Å². The fraction of sp³-hybridized carbons (Fsp3) is 0.929. The minimum atomic E-state index is -0.222. The van der Waals surface area contributed by atoms with Gasteiger partial charge in [-0.2, -0.15) is 0 Å². The highest BCUT2D eigenvalue weighted by molar-refractivity contribution is 5.78. The minimum Gasteiger partial charge on any atom is -0.392 e. The molecule has 0 radical (unpaired) electrons. The van der Waals surface area contributed by atoms with Gasteiger partial charge in [0.15, 0.2) is 0 Å². The fourth-order valence-corrected chi connectivity index (χ4v) is 2.34. The van der Waals surface area contributed by atoms with Crippen LogP contribution in [0.1, 0.15) is 46.0 Å². The summed E-state index contributed by atoms with van der Waals surface area (Å²) in [6.07, 6.45) is 4.61. The van der Waals surface area contributed by atoms with Gasteiger partial charge in [0.25, 0.3) is 0 Å². The number of aliphatic hydroxyl groups is 1. The smallest absolute Gasteiger partial charge is 0.223 e. The zero-order chi connectivity index (χ0) is 13.4. The van der Waals surface area contributed by atoms with E-state index in [-0.39, 0.29) is 17.9 Å². The highest BCUT2D eigenvalue weighted by Gasteiger charge is 2.25. The quantitative estimate of drug-likeness (QED) is 0.677. The van der Waals surface area contributed by atoms with E-state index in [1.165, 1.54) is 0 Å². The van der Waals surface area contributed by atoms with E-state index in [1.807, 2.05) is 6.92 Å². The summed E-state index contributed by atoms with van der Waals surface area (Å²) in [5.74, 6) is 0.399. The molecular formula is C14H28N2O2. The molecule has 1 fully saturated rings. The minimum absolute atomic E-state index is 0.178. The number of amides is 1. The second-order valence-corrected chi connectivity index (χ2v) is 5.28. The zero-order valence-corrected chi connectivity index (χ0v) is 11.8. The van der Waals surface area contributed by atoms with Gasteiger partial charge in [0, 0.05) is 19.0 Å². The van der Waals surface area contributed by atoms with Gasteiger partial charge in [-0.15, -0.1) is 0 Å². The van der Waals surface area contributed by atoms with Gasteiger partial charge < -0.3 is 15.3 Å². The number of carbonyl (C=O) groups is 1. The standard InChI is InChI=1S/C14H28N2O2/c1-3-5-8-15-14(18)12-6-9-16(10-7-12)11-13(17)4-2/h12-13,17H,3-11H2,1-2H3,(H,15,18). The molecule has 4 nitrogen and oxygen atoms in total. The van der Waals surface area contributed by atoms with Crippen LogP contribution in [-0.2, 0) is 4.79 Å². The summed E-state index contributed by atoms with van der Waals surface area (Å²) < 4.78 is 0. The summed E-state index contributed by atoms with van der Waals surface area (Å²) in [7, 11) is 0. The fourth-order valence-electron chi connectivity index (χ4n) is 2.34. The van der Waals surface area contributed by atoms with Crippen molar-refractivity contribution in [2.75, 3.05) is 26.2 Å². The molecule has 106 valence electrons. The van der Waals surface area contributed by atoms with Crippen LogP contribution in [0.2, 0.25) is 0 Å². The highest BCUT2D eigenvalue weighted by Crippen LogP contribution is 2.17. The zero-order valence-electron chi connectivity index (χ0n) is 11.8. The van der Waals surface area contributed by atoms with Gasteiger partial charge in [-0.3, -0.25) is 4.79 Å². The largest absolute Gasteiger partial charge is 0.392 e. The van der Waals surface area contributed by atoms with Crippen LogP contribution >= 0.6 is 0 Å². The Kier molecular flexibility index (Phi) is 7.28. The Balaban J connectivity index is 2.20. The molecule has 0 spiro atoms. The van der Waals surface area contributed by atoms with Crippen molar-refractivity contribution in [1.82, 2.24) is 10.2 Å². The van der Waals surface area contributed by atoms with Crippen LogP contribution in [0.15, 0.2) is 0 Å². The number of piperidine rings is 1. The molecule has 1 heterocycles. The molecule has 1 aliphatic heterocycles. The molecule has 1 aliphatic rings. The van der Waals surface area contributed by atoms with E-state index in [4.69, 9.17) is 0 Å². The third kappa shape index (κ3) is 5.36. The van der Waals surface area contributed by atoms with E-state index in [0.717, 1.165) is 58.3 Å². The van der Waals surface area contributed by atoms with Crippen LogP contribution in [-0.4, -0.2) is 48.2 Å². The number of β-amino-alcohol motifs (C(OH)–C–C–N with tert-alkyl or cyclic N) is 1. The maximum absolute atomic E-state index is 11.9. The molecule has 0 aromatic heterocycles. The number of carbonyl (C=O) groups excluding carboxylic acids is 1. The highest BCUT2D eigenvalue weighted by atomic mass is 16.3. The lowest BCUT2D eigenvalue weighted by molar-refractivity contribution is -0.126. The maximum Gasteiger partial charge on any atom is 0.223 e. The number of aliphatic hydroxyl groups excluding tert-OH is 1. The second-order valence-electron chi connectivity index (χ2n) is 5.28. The van der Waals surface area contributed by atoms with Gasteiger partial charge in [-0.25, -0.2) is 0 Å². The Morgan fingerprint density at radius 2 is 2.06 bits per heavy atom. The lowest BCUT2D eigenvalue weighted by Gasteiger charge is -2.32. The Bertz CT molecular complexity index is 238. The summed E-state index contributed by atoms with van der Waals surface area (Å²) in [4.78, 5) is 14.1. The van der Waals surface area contributed by atoms with Crippen molar-refractivity contribution >= 4 is 5.91 Å². The third-order valence-corrected chi connectivity index (χ3v) is 3.73. The van der Waals surface area contributed by atoms with Gasteiger partial charge >= 0.3 is 0 Å². The van der Waals surface area contributed by atoms with E-state index in [1.54, 1.807) is 0 Å². The number of nitrogens with one attached hydrogen (secondary N) is 1. The van der Waals surface area contributed by atoms with Crippen LogP contribution < -0.4 is 5.32 Å². The van der Waals surface area contributed by atoms with E-state index < -0.39 is 0 Å². The molecule has 1 unspecified atom stereocenters. The number of nitrogens with zero attached hydrogens (tertiary/aromatic N) is 1. The lowest BCUT2D eigenvalue weighted by atomic mass is 9.95. The van der Waals surface area contributed by atoms with Crippen LogP contribution in [0.4, 0.5) is 0 Å². The summed E-state index contributed by atoms with van der Waals surface area (Å²) in [5.41, 5.74) is 0. The maximum atomic E-state index is 11.9. The van der Waals surface area contributed by atoms with Crippen LogP contribution in [0.3, 0.4) is 0 Å². The van der Waals surface area contributed by atoms with Crippen molar-refractivity contribution in [3.8, 4) is 0 Å². The van der Waals surface area contributed by atoms with Crippen molar-refractivity contribution in [2.24, 2.45) is 5.92 Å². The van der Waals surface area contributed by atoms with Crippen molar-refractivity contribution < 1.29 is 9.90 Å². The number of rotatable bonds is 7. The number of likely N-dealkylation sites (tertiary alicyclic amines) is 1. The van der Waals surface area contributed by atoms with Crippen molar-refractivity contribution in [3.63, 3.8) is 0 Å². The van der Waals surface area contributed by atoms with Gasteiger partial charge in [-0.05, 0) is 38.8 Å². The molecule has 0 aromatic carbocycles. The third-order valence-electron chi connectivity index (χ3n) is 3.73. The first-order valence-corrected chi connectivity index (χ1v) is 7.35. The van der Waals surface area contributed by atoms with Crippen LogP contribution in [0.25, 0.3) is 0 Å². The lowest BCUT2D eigenvalue weighted by Crippen LogP contribution is -2.43. The first-order valence-electron chi connectivity index (χ1n) is 7.35. The average molecular weight is 256 g/mol. The molecular weight excluding hydrogens is 228 g/mol. The first-order chi connectivity index (χ1) is 8.67. The van der Waals surface area contributed by atoms with Crippen molar-refractivity contribution in [1.29, 1.82) is 0 Å². The van der Waals surface area contributed by atoms with E-state index >= 15 is 0 Å². The summed E-state index contributed by atoms with van der Waals surface area (Å²) >= 11 is 0. The summed E-state index contributed by atoms with van der Waals surface area (Å²) in [5, 5.41) is 12.6. The molecule has 0 aromatic rings. The molecule has 0 aliphatic carbocycles. The summed E-state index contributed by atoms with van der Waals surface area (Å²) in [6, 6.07) is 0. The van der Waals surface area contributed by atoms with Crippen molar-refractivity contribution in [3.05, 3.63) is 0 Å². The number of hydrogen-bond acceptors (Lipinski definition) is 3. The Morgan fingerprint density at radius 1 is 1.39 bits per heavy atom. The second kappa shape index (κ2) is 8.48. The molecule has 1 atom stereocenters. The average Bonchev–Trinajstić information content (AvgIpc) is 2.39. The molecule has 4 heteroatoms. The van der Waals surface area contributed by atoms with Crippen LogP contribution in [0, 0.1) is 5.92 Å². The Hall–Kier alpha value is -0.610. The Labute approximate surface area is 111 Å². The molecule has 1 saturated heterocycles. The van der Waals surface area contributed by atoms with Gasteiger partial charge in [0.2, 0.25) is 5.91 Å². The van der Waals surface area contributed by atoms with E-state index in [2.05, 4.69) is 17.1 Å². The SMILES string of the molecule is CCCCNC(=O)C1CCN(CC(O)CC)CC1. The molecule has 0 saturated carbocycles. The summed E-state index contributed by atoms with van der Waals surface area (Å²) in [6.45, 7) is 7.55. The molecule has 1 rings (SSSR count). The van der Waals surface area contributed by atoms with Gasteiger partial charge in [0.05, 0.1) is 6.10 Å². The first kappa shape index (κ1) is 15.4. The van der Waals surface area contributed by atoms with E-state index in [0.29, 0.717) is 0 Å². The van der Waals surface area contributed by atoms with Crippen molar-refractivity contribution in [2.45, 2.75) is 52.1 Å².